The zero-order valence-electron chi connectivity index (χ0n) is 15.3. The number of rotatable bonds is 4. The average molecular weight is 335 g/mol. The molecule has 0 amide bonds. The van der Waals surface area contributed by atoms with Crippen LogP contribution >= 0.6 is 0 Å². The van der Waals surface area contributed by atoms with Gasteiger partial charge in [0.1, 0.15) is 5.82 Å². The molecule has 4 rings (SSSR count). The first-order chi connectivity index (χ1) is 12.3. The monoisotopic (exact) mass is 335 g/mol. The SMILES string of the molecule is Cc1nc(N2CCCC2)ccc1C1CCCCN1Cc1ccccc1. The Morgan fingerprint density at radius 1 is 0.920 bits per heavy atom. The molecule has 0 N–H and O–H groups in total. The van der Waals surface area contributed by atoms with Crippen molar-refractivity contribution < 1.29 is 0 Å². The molecule has 2 fully saturated rings. The number of likely N-dealkylation sites (tertiary alicyclic amines) is 1. The fourth-order valence-electron chi connectivity index (χ4n) is 4.38. The van der Waals surface area contributed by atoms with Crippen molar-refractivity contribution in [2.45, 2.75) is 51.6 Å². The van der Waals surface area contributed by atoms with Crippen LogP contribution in [-0.2, 0) is 6.54 Å². The average Bonchev–Trinajstić information content (AvgIpc) is 3.18. The molecule has 0 saturated carbocycles. The van der Waals surface area contributed by atoms with Gasteiger partial charge in [-0.05, 0) is 56.3 Å². The van der Waals surface area contributed by atoms with E-state index in [9.17, 15) is 0 Å². The Bertz CT molecular complexity index is 692. The highest BCUT2D eigenvalue weighted by molar-refractivity contribution is 5.43. The van der Waals surface area contributed by atoms with Gasteiger partial charge in [-0.25, -0.2) is 4.98 Å². The second-order valence-electron chi connectivity index (χ2n) is 7.51. The Kier molecular flexibility index (Phi) is 5.02. The number of aromatic nitrogens is 1. The van der Waals surface area contributed by atoms with Gasteiger partial charge in [0.2, 0.25) is 0 Å². The lowest BCUT2D eigenvalue weighted by atomic mass is 9.93. The summed E-state index contributed by atoms with van der Waals surface area (Å²) >= 11 is 0. The largest absolute Gasteiger partial charge is 0.357 e. The van der Waals surface area contributed by atoms with Crippen LogP contribution in [0.1, 0.15) is 55.0 Å². The molecule has 3 heterocycles. The van der Waals surface area contributed by atoms with E-state index in [0.29, 0.717) is 6.04 Å². The maximum atomic E-state index is 4.97. The minimum Gasteiger partial charge on any atom is -0.357 e. The fraction of sp³-hybridized carbons (Fsp3) is 0.500. The lowest BCUT2D eigenvalue weighted by Crippen LogP contribution is -2.33. The second-order valence-corrected chi connectivity index (χ2v) is 7.51. The van der Waals surface area contributed by atoms with Crippen molar-refractivity contribution in [2.24, 2.45) is 0 Å². The third kappa shape index (κ3) is 3.72. The Hall–Kier alpha value is -1.87. The van der Waals surface area contributed by atoms with E-state index in [1.165, 1.54) is 61.3 Å². The van der Waals surface area contributed by atoms with Crippen LogP contribution in [0.15, 0.2) is 42.5 Å². The van der Waals surface area contributed by atoms with Gasteiger partial charge in [-0.15, -0.1) is 0 Å². The molecule has 1 aromatic carbocycles. The summed E-state index contributed by atoms with van der Waals surface area (Å²) in [5.41, 5.74) is 4.06. The number of pyridine rings is 1. The minimum absolute atomic E-state index is 0.508. The lowest BCUT2D eigenvalue weighted by Gasteiger charge is -2.36. The highest BCUT2D eigenvalue weighted by Gasteiger charge is 2.26. The van der Waals surface area contributed by atoms with E-state index < -0.39 is 0 Å². The summed E-state index contributed by atoms with van der Waals surface area (Å²) in [4.78, 5) is 10.1. The van der Waals surface area contributed by atoms with Crippen molar-refractivity contribution >= 4 is 5.82 Å². The predicted molar refractivity (Wildman–Crippen MR) is 104 cm³/mol. The van der Waals surface area contributed by atoms with Crippen LogP contribution in [0.25, 0.3) is 0 Å². The molecule has 1 unspecified atom stereocenters. The van der Waals surface area contributed by atoms with Crippen molar-refractivity contribution in [1.82, 2.24) is 9.88 Å². The number of hydrogen-bond donors (Lipinski definition) is 0. The highest BCUT2D eigenvalue weighted by Crippen LogP contribution is 2.34. The normalized spacial score (nSPS) is 21.6. The molecule has 2 aliphatic heterocycles. The Balaban J connectivity index is 1.55. The van der Waals surface area contributed by atoms with E-state index >= 15 is 0 Å². The van der Waals surface area contributed by atoms with Crippen LogP contribution < -0.4 is 4.90 Å². The molecule has 132 valence electrons. The standard InChI is InChI=1S/C22H29N3/c1-18-20(12-13-22(23-18)24-14-7-8-15-24)21-11-5-6-16-25(21)17-19-9-3-2-4-10-19/h2-4,9-10,12-13,21H,5-8,11,14-17H2,1H3. The van der Waals surface area contributed by atoms with Gasteiger partial charge in [-0.1, -0.05) is 42.8 Å². The summed E-state index contributed by atoms with van der Waals surface area (Å²) in [6.45, 7) is 6.75. The molecular weight excluding hydrogens is 306 g/mol. The summed E-state index contributed by atoms with van der Waals surface area (Å²) in [7, 11) is 0. The smallest absolute Gasteiger partial charge is 0.128 e. The van der Waals surface area contributed by atoms with Gasteiger partial charge < -0.3 is 4.90 Å². The van der Waals surface area contributed by atoms with Crippen molar-refractivity contribution in [3.63, 3.8) is 0 Å². The summed E-state index contributed by atoms with van der Waals surface area (Å²) in [5, 5.41) is 0. The first-order valence-corrected chi connectivity index (χ1v) is 9.82. The number of piperidine rings is 1. The van der Waals surface area contributed by atoms with E-state index in [1.807, 2.05) is 0 Å². The third-order valence-electron chi connectivity index (χ3n) is 5.74. The number of hydrogen-bond acceptors (Lipinski definition) is 3. The maximum absolute atomic E-state index is 4.97. The molecule has 3 heteroatoms. The van der Waals surface area contributed by atoms with E-state index in [1.54, 1.807) is 0 Å². The van der Waals surface area contributed by atoms with Crippen LogP contribution in [0.5, 0.6) is 0 Å². The van der Waals surface area contributed by atoms with Crippen LogP contribution in [0.3, 0.4) is 0 Å². The zero-order valence-corrected chi connectivity index (χ0v) is 15.3. The molecule has 0 spiro atoms. The fourth-order valence-corrected chi connectivity index (χ4v) is 4.38. The number of nitrogens with zero attached hydrogens (tertiary/aromatic N) is 3. The molecular formula is C22H29N3. The molecule has 2 aromatic rings. The first kappa shape index (κ1) is 16.6. The van der Waals surface area contributed by atoms with Crippen LogP contribution in [0.2, 0.25) is 0 Å². The third-order valence-corrected chi connectivity index (χ3v) is 5.74. The molecule has 2 saturated heterocycles. The Morgan fingerprint density at radius 3 is 2.44 bits per heavy atom. The van der Waals surface area contributed by atoms with Crippen LogP contribution in [0, 0.1) is 6.92 Å². The van der Waals surface area contributed by atoms with E-state index in [-0.39, 0.29) is 0 Å². The van der Waals surface area contributed by atoms with Gasteiger partial charge in [0.05, 0.1) is 0 Å². The Morgan fingerprint density at radius 2 is 1.68 bits per heavy atom. The van der Waals surface area contributed by atoms with Gasteiger partial charge >= 0.3 is 0 Å². The molecule has 3 nitrogen and oxygen atoms in total. The molecule has 2 aliphatic rings. The molecule has 1 aromatic heterocycles. The molecule has 0 bridgehead atoms. The topological polar surface area (TPSA) is 19.4 Å². The van der Waals surface area contributed by atoms with Crippen molar-refractivity contribution in [2.75, 3.05) is 24.5 Å². The van der Waals surface area contributed by atoms with Crippen LogP contribution in [0.4, 0.5) is 5.82 Å². The molecule has 1 atom stereocenters. The van der Waals surface area contributed by atoms with Crippen molar-refractivity contribution in [3.05, 3.63) is 59.3 Å². The molecule has 0 radical (unpaired) electrons. The van der Waals surface area contributed by atoms with Gasteiger partial charge in [0.15, 0.2) is 0 Å². The van der Waals surface area contributed by atoms with Gasteiger partial charge in [0, 0.05) is 31.4 Å². The first-order valence-electron chi connectivity index (χ1n) is 9.82. The van der Waals surface area contributed by atoms with E-state index in [2.05, 4.69) is 59.2 Å². The molecule has 0 aliphatic carbocycles. The van der Waals surface area contributed by atoms with Crippen molar-refractivity contribution in [1.29, 1.82) is 0 Å². The Labute approximate surface area is 151 Å². The second kappa shape index (κ2) is 7.57. The lowest BCUT2D eigenvalue weighted by molar-refractivity contribution is 0.139. The summed E-state index contributed by atoms with van der Waals surface area (Å²) in [6, 6.07) is 16.0. The van der Waals surface area contributed by atoms with Gasteiger partial charge in [-0.3, -0.25) is 4.90 Å². The summed E-state index contributed by atoms with van der Waals surface area (Å²) in [6.07, 6.45) is 6.48. The van der Waals surface area contributed by atoms with Crippen molar-refractivity contribution in [3.8, 4) is 0 Å². The summed E-state index contributed by atoms with van der Waals surface area (Å²) in [5.74, 6) is 1.17. The quantitative estimate of drug-likeness (QED) is 0.806. The van der Waals surface area contributed by atoms with Gasteiger partial charge in [-0.2, -0.15) is 0 Å². The minimum atomic E-state index is 0.508. The van der Waals surface area contributed by atoms with Crippen LogP contribution in [-0.4, -0.2) is 29.5 Å². The maximum Gasteiger partial charge on any atom is 0.128 e. The van der Waals surface area contributed by atoms with Gasteiger partial charge in [0.25, 0.3) is 0 Å². The predicted octanol–water partition coefficient (Wildman–Crippen LogP) is 4.72. The zero-order chi connectivity index (χ0) is 17.1. The molecule has 25 heavy (non-hydrogen) atoms. The number of aryl methyl sites for hydroxylation is 1. The highest BCUT2D eigenvalue weighted by atomic mass is 15.2. The van der Waals surface area contributed by atoms with E-state index in [0.717, 1.165) is 19.6 Å². The van der Waals surface area contributed by atoms with E-state index in [4.69, 9.17) is 4.98 Å². The number of anilines is 1. The number of benzene rings is 1. The summed E-state index contributed by atoms with van der Waals surface area (Å²) < 4.78 is 0.